The summed E-state index contributed by atoms with van der Waals surface area (Å²) in [5, 5.41) is 0. The van der Waals surface area contributed by atoms with Gasteiger partial charge in [-0.15, -0.1) is 0 Å². The van der Waals surface area contributed by atoms with Crippen molar-refractivity contribution in [2.75, 3.05) is 39.5 Å². The van der Waals surface area contributed by atoms with Gasteiger partial charge < -0.3 is 15.2 Å². The zero-order valence-corrected chi connectivity index (χ0v) is 12.1. The van der Waals surface area contributed by atoms with Crippen molar-refractivity contribution in [1.82, 2.24) is 4.90 Å². The third-order valence-electron chi connectivity index (χ3n) is 2.61. The zero-order chi connectivity index (χ0) is 13.1. The largest absolute Gasteiger partial charge is 0.392 e. The van der Waals surface area contributed by atoms with Gasteiger partial charge in [-0.05, 0) is 20.3 Å². The molecule has 102 valence electrons. The average Bonchev–Trinajstić information content (AvgIpc) is 2.29. The second-order valence-corrected chi connectivity index (χ2v) is 4.23. The molecule has 0 aromatic rings. The highest BCUT2D eigenvalue weighted by Crippen LogP contribution is 2.05. The highest BCUT2D eigenvalue weighted by Gasteiger charge is 2.18. The molecule has 0 radical (unpaired) electrons. The third kappa shape index (κ3) is 7.65. The normalized spacial score (nSPS) is 12.9. The fourth-order valence-electron chi connectivity index (χ4n) is 1.72. The Bertz CT molecular complexity index is 193. The molecule has 0 aliphatic rings. The van der Waals surface area contributed by atoms with E-state index >= 15 is 0 Å². The number of rotatable bonds is 11. The van der Waals surface area contributed by atoms with Crippen molar-refractivity contribution in [3.05, 3.63) is 0 Å². The maximum absolute atomic E-state index is 5.76. The number of hydrogen-bond donors (Lipinski definition) is 1. The molecule has 0 aliphatic heterocycles. The minimum atomic E-state index is 0.144. The first-order valence-corrected chi connectivity index (χ1v) is 6.76. The van der Waals surface area contributed by atoms with Crippen LogP contribution in [0.25, 0.3) is 0 Å². The molecule has 0 aromatic heterocycles. The molecule has 0 saturated carbocycles. The van der Waals surface area contributed by atoms with Crippen LogP contribution in [0.1, 0.15) is 27.2 Å². The van der Waals surface area contributed by atoms with Gasteiger partial charge in [0.15, 0.2) is 0 Å². The van der Waals surface area contributed by atoms with Gasteiger partial charge in [0.25, 0.3) is 0 Å². The predicted octanol–water partition coefficient (Wildman–Crippen LogP) is 1.43. The van der Waals surface area contributed by atoms with E-state index in [1.807, 2.05) is 13.8 Å². The molecule has 2 N–H and O–H groups in total. The summed E-state index contributed by atoms with van der Waals surface area (Å²) in [6.45, 7) is 10.7. The highest BCUT2D eigenvalue weighted by molar-refractivity contribution is 7.80. The predicted molar refractivity (Wildman–Crippen MR) is 75.4 cm³/mol. The second kappa shape index (κ2) is 10.9. The van der Waals surface area contributed by atoms with Crippen molar-refractivity contribution < 1.29 is 9.47 Å². The van der Waals surface area contributed by atoms with E-state index < -0.39 is 0 Å². The van der Waals surface area contributed by atoms with E-state index in [0.29, 0.717) is 18.2 Å². The first-order valence-electron chi connectivity index (χ1n) is 6.36. The average molecular weight is 262 g/mol. The van der Waals surface area contributed by atoms with Crippen LogP contribution in [-0.4, -0.2) is 55.4 Å². The molecule has 5 heteroatoms. The lowest BCUT2D eigenvalue weighted by Gasteiger charge is -2.30. The van der Waals surface area contributed by atoms with Gasteiger partial charge >= 0.3 is 0 Å². The molecule has 0 heterocycles. The van der Waals surface area contributed by atoms with Crippen molar-refractivity contribution in [3.63, 3.8) is 0 Å². The van der Waals surface area contributed by atoms with E-state index in [1.165, 1.54) is 0 Å². The number of nitrogens with zero attached hydrogens (tertiary/aromatic N) is 1. The van der Waals surface area contributed by atoms with E-state index in [2.05, 4.69) is 11.8 Å². The van der Waals surface area contributed by atoms with Crippen molar-refractivity contribution in [3.8, 4) is 0 Å². The van der Waals surface area contributed by atoms with Crippen LogP contribution in [0, 0.1) is 0 Å². The summed E-state index contributed by atoms with van der Waals surface area (Å²) in [6.07, 6.45) is 0.924. The van der Waals surface area contributed by atoms with Crippen LogP contribution in [0.4, 0.5) is 0 Å². The SMILES string of the molecule is CCOCCN(CCOCC)C(CC)C(N)=S. The van der Waals surface area contributed by atoms with Crippen LogP contribution in [-0.2, 0) is 9.47 Å². The molecule has 0 aromatic carbocycles. The highest BCUT2D eigenvalue weighted by atomic mass is 32.1. The maximum Gasteiger partial charge on any atom is 0.0901 e. The Morgan fingerprint density at radius 3 is 1.88 bits per heavy atom. The van der Waals surface area contributed by atoms with Crippen LogP contribution >= 0.6 is 12.2 Å². The monoisotopic (exact) mass is 262 g/mol. The van der Waals surface area contributed by atoms with Gasteiger partial charge in [0.2, 0.25) is 0 Å². The standard InChI is InChI=1S/C12H26N2O2S/c1-4-11(12(13)17)14(7-9-15-5-2)8-10-16-6-3/h11H,4-10H2,1-3H3,(H2,13,17). The lowest BCUT2D eigenvalue weighted by molar-refractivity contribution is 0.0743. The quantitative estimate of drug-likeness (QED) is 0.451. The fraction of sp³-hybridized carbons (Fsp3) is 0.917. The Balaban J connectivity index is 4.20. The van der Waals surface area contributed by atoms with Crippen LogP contribution in [0.3, 0.4) is 0 Å². The molecular weight excluding hydrogens is 236 g/mol. The van der Waals surface area contributed by atoms with Crippen LogP contribution in [0.5, 0.6) is 0 Å². The summed E-state index contributed by atoms with van der Waals surface area (Å²) >= 11 is 5.10. The Kier molecular flexibility index (Phi) is 10.7. The Hall–Kier alpha value is -0.230. The Labute approximate surface area is 110 Å². The van der Waals surface area contributed by atoms with Crippen LogP contribution in [0.15, 0.2) is 0 Å². The number of hydrogen-bond acceptors (Lipinski definition) is 4. The summed E-state index contributed by atoms with van der Waals surface area (Å²) in [7, 11) is 0. The molecule has 1 unspecified atom stereocenters. The van der Waals surface area contributed by atoms with Crippen molar-refractivity contribution >= 4 is 17.2 Å². The Morgan fingerprint density at radius 1 is 1.12 bits per heavy atom. The molecule has 0 spiro atoms. The van der Waals surface area contributed by atoms with Gasteiger partial charge in [-0.3, -0.25) is 4.90 Å². The van der Waals surface area contributed by atoms with Gasteiger partial charge in [0, 0.05) is 26.3 Å². The minimum absolute atomic E-state index is 0.144. The third-order valence-corrected chi connectivity index (χ3v) is 2.88. The summed E-state index contributed by atoms with van der Waals surface area (Å²) in [5.74, 6) is 0. The summed E-state index contributed by atoms with van der Waals surface area (Å²) in [4.78, 5) is 2.80. The molecule has 0 amide bonds. The lowest BCUT2D eigenvalue weighted by Crippen LogP contribution is -2.46. The zero-order valence-electron chi connectivity index (χ0n) is 11.3. The second-order valence-electron chi connectivity index (χ2n) is 3.76. The van der Waals surface area contributed by atoms with Crippen LogP contribution < -0.4 is 5.73 Å². The van der Waals surface area contributed by atoms with Gasteiger partial charge in [-0.2, -0.15) is 0 Å². The smallest absolute Gasteiger partial charge is 0.0901 e. The molecule has 0 rings (SSSR count). The topological polar surface area (TPSA) is 47.7 Å². The van der Waals surface area contributed by atoms with E-state index in [-0.39, 0.29) is 6.04 Å². The fourth-order valence-corrected chi connectivity index (χ4v) is 2.03. The van der Waals surface area contributed by atoms with Crippen molar-refractivity contribution in [1.29, 1.82) is 0 Å². The molecule has 0 aliphatic carbocycles. The number of nitrogens with two attached hydrogens (primary N) is 1. The molecule has 0 fully saturated rings. The maximum atomic E-state index is 5.76. The van der Waals surface area contributed by atoms with Gasteiger partial charge in [0.1, 0.15) is 0 Å². The van der Waals surface area contributed by atoms with Gasteiger partial charge in [0.05, 0.1) is 24.2 Å². The number of thiocarbonyl (C=S) groups is 1. The first kappa shape index (κ1) is 16.8. The molecule has 17 heavy (non-hydrogen) atoms. The van der Waals surface area contributed by atoms with E-state index in [0.717, 1.165) is 32.7 Å². The number of ether oxygens (including phenoxy) is 2. The molecule has 4 nitrogen and oxygen atoms in total. The van der Waals surface area contributed by atoms with E-state index in [9.17, 15) is 0 Å². The van der Waals surface area contributed by atoms with Crippen LogP contribution in [0.2, 0.25) is 0 Å². The van der Waals surface area contributed by atoms with E-state index in [4.69, 9.17) is 27.4 Å². The Morgan fingerprint density at radius 2 is 1.59 bits per heavy atom. The molecular formula is C12H26N2O2S. The van der Waals surface area contributed by atoms with Gasteiger partial charge in [-0.1, -0.05) is 19.1 Å². The molecule has 0 saturated heterocycles. The van der Waals surface area contributed by atoms with Crippen molar-refractivity contribution in [2.45, 2.75) is 33.2 Å². The summed E-state index contributed by atoms with van der Waals surface area (Å²) in [5.41, 5.74) is 5.76. The minimum Gasteiger partial charge on any atom is -0.392 e. The van der Waals surface area contributed by atoms with Gasteiger partial charge in [-0.25, -0.2) is 0 Å². The van der Waals surface area contributed by atoms with E-state index in [1.54, 1.807) is 0 Å². The lowest BCUT2D eigenvalue weighted by atomic mass is 10.2. The molecule has 0 bridgehead atoms. The summed E-state index contributed by atoms with van der Waals surface area (Å²) in [6, 6.07) is 0.144. The first-order chi connectivity index (χ1) is 8.17. The molecule has 1 atom stereocenters. The summed E-state index contributed by atoms with van der Waals surface area (Å²) < 4.78 is 10.8. The van der Waals surface area contributed by atoms with Crippen molar-refractivity contribution in [2.24, 2.45) is 5.73 Å².